The van der Waals surface area contributed by atoms with E-state index >= 15 is 0 Å². The molecule has 2 heterocycles. The van der Waals surface area contributed by atoms with E-state index < -0.39 is 62.0 Å². The first-order valence-electron chi connectivity index (χ1n) is 12.9. The van der Waals surface area contributed by atoms with Crippen molar-refractivity contribution in [3.8, 4) is 11.5 Å². The Bertz CT molecular complexity index is 1670. The highest BCUT2D eigenvalue weighted by Crippen LogP contribution is 2.65. The summed E-state index contributed by atoms with van der Waals surface area (Å²) in [5.41, 5.74) is 0.736. The molecule has 4 aliphatic rings. The van der Waals surface area contributed by atoms with Crippen LogP contribution in [0.15, 0.2) is 52.5 Å². The molecule has 1 saturated carbocycles. The molecule has 42 heavy (non-hydrogen) atoms. The number of aromatic hydroxyl groups is 1. The lowest BCUT2D eigenvalue weighted by molar-refractivity contribution is -0.384. The number of methoxy groups -OCH3 is 1. The number of nitro groups is 1. The first kappa shape index (κ1) is 28.6. The van der Waals surface area contributed by atoms with E-state index in [9.17, 15) is 34.4 Å². The van der Waals surface area contributed by atoms with Gasteiger partial charge in [0.15, 0.2) is 21.2 Å². The zero-order valence-corrected chi connectivity index (χ0v) is 25.1. The minimum absolute atomic E-state index is 0.0637. The van der Waals surface area contributed by atoms with Gasteiger partial charge in [0, 0.05) is 25.1 Å². The minimum atomic E-state index is -2.00. The van der Waals surface area contributed by atoms with Crippen molar-refractivity contribution in [3.05, 3.63) is 68.2 Å². The monoisotopic (exact) mass is 677 g/mol. The summed E-state index contributed by atoms with van der Waals surface area (Å²) >= 11 is 17.6. The van der Waals surface area contributed by atoms with Crippen molar-refractivity contribution in [3.63, 3.8) is 0 Å². The van der Waals surface area contributed by atoms with E-state index in [1.807, 2.05) is 0 Å². The number of imide groups is 2. The van der Waals surface area contributed by atoms with Gasteiger partial charge >= 0.3 is 0 Å². The molecule has 1 N–H and O–H groups in total. The van der Waals surface area contributed by atoms with E-state index in [0.29, 0.717) is 11.1 Å². The van der Waals surface area contributed by atoms with Gasteiger partial charge in [-0.25, -0.2) is 4.90 Å². The molecule has 0 aromatic heterocycles. The standard InChI is InChI=1S/C28H22BrCl2N3O8/c1-32-25(38)27(30)11-17-15(21(28(27,31)26(32)39)12-8-18(29)22(35)19(9-12)42-2)6-7-16-20(17)24(37)33(23(16)36)13-4-3-5-14(10-13)34(40)41/h3-6,8-10,16-17,20-21,35H,7,11H2,1-2H3. The second kappa shape index (κ2) is 9.51. The summed E-state index contributed by atoms with van der Waals surface area (Å²) in [6.45, 7) is 0. The Kier molecular flexibility index (Phi) is 6.49. The Balaban J connectivity index is 1.52. The number of hydrogen-bond donors (Lipinski definition) is 1. The first-order valence-corrected chi connectivity index (χ1v) is 14.4. The van der Waals surface area contributed by atoms with Crippen LogP contribution < -0.4 is 9.64 Å². The number of amides is 4. The Morgan fingerprint density at radius 1 is 1.10 bits per heavy atom. The van der Waals surface area contributed by atoms with Crippen LogP contribution in [0, 0.1) is 27.9 Å². The molecule has 14 heteroatoms. The maximum atomic E-state index is 14.0. The third-order valence-electron chi connectivity index (χ3n) is 8.92. The highest BCUT2D eigenvalue weighted by atomic mass is 79.9. The predicted molar refractivity (Wildman–Crippen MR) is 153 cm³/mol. The average molecular weight is 679 g/mol. The van der Waals surface area contributed by atoms with E-state index in [-0.39, 0.29) is 40.2 Å². The second-order valence-electron chi connectivity index (χ2n) is 10.8. The molecular formula is C28H22BrCl2N3O8. The fourth-order valence-corrected chi connectivity index (χ4v) is 8.51. The molecular weight excluding hydrogens is 657 g/mol. The number of fused-ring (bicyclic) bond motifs is 4. The maximum absolute atomic E-state index is 14.0. The number of likely N-dealkylation sites (tertiary alicyclic amines) is 1. The topological polar surface area (TPSA) is 147 Å². The molecule has 2 saturated heterocycles. The van der Waals surface area contributed by atoms with Gasteiger partial charge in [-0.15, -0.1) is 23.2 Å². The minimum Gasteiger partial charge on any atom is -0.503 e. The third-order valence-corrected chi connectivity index (χ3v) is 10.9. The predicted octanol–water partition coefficient (Wildman–Crippen LogP) is 4.26. The number of carbonyl (C=O) groups is 4. The highest BCUT2D eigenvalue weighted by Gasteiger charge is 2.76. The number of hydrogen-bond acceptors (Lipinski definition) is 8. The number of non-ortho nitro benzene ring substituents is 1. The number of halogens is 3. The molecule has 6 rings (SSSR count). The van der Waals surface area contributed by atoms with Crippen LogP contribution in [-0.2, 0) is 19.2 Å². The SMILES string of the molecule is COc1cc(C2C3=CCC4C(=O)N(c5cccc([N+](=O)[O-])c5)C(=O)C4C3CC3(Cl)C(=O)N(C)C(=O)C23Cl)cc(Br)c1O. The smallest absolute Gasteiger partial charge is 0.271 e. The molecule has 2 aliphatic heterocycles. The molecule has 2 aromatic rings. The van der Waals surface area contributed by atoms with Crippen molar-refractivity contribution in [2.75, 3.05) is 19.1 Å². The van der Waals surface area contributed by atoms with Crippen LogP contribution >= 0.6 is 39.1 Å². The third kappa shape index (κ3) is 3.58. The van der Waals surface area contributed by atoms with Crippen molar-refractivity contribution >= 4 is 74.1 Å². The summed E-state index contributed by atoms with van der Waals surface area (Å²) in [6.07, 6.45) is 1.69. The number of anilines is 1. The molecule has 2 aromatic carbocycles. The molecule has 0 bridgehead atoms. The number of rotatable bonds is 4. The number of carbonyl (C=O) groups excluding carboxylic acids is 4. The van der Waals surface area contributed by atoms with Gasteiger partial charge in [0.2, 0.25) is 11.8 Å². The van der Waals surface area contributed by atoms with Crippen molar-refractivity contribution < 1.29 is 33.9 Å². The molecule has 6 atom stereocenters. The van der Waals surface area contributed by atoms with Gasteiger partial charge in [0.05, 0.1) is 34.0 Å². The zero-order chi connectivity index (χ0) is 30.5. The Morgan fingerprint density at radius 3 is 2.48 bits per heavy atom. The highest BCUT2D eigenvalue weighted by molar-refractivity contribution is 9.10. The Hall–Kier alpha value is -3.48. The molecule has 2 aliphatic carbocycles. The van der Waals surface area contributed by atoms with Gasteiger partial charge in [-0.2, -0.15) is 0 Å². The Morgan fingerprint density at radius 2 is 1.81 bits per heavy atom. The van der Waals surface area contributed by atoms with Crippen molar-refractivity contribution in [1.82, 2.24) is 4.90 Å². The fraction of sp³-hybridized carbons (Fsp3) is 0.357. The van der Waals surface area contributed by atoms with E-state index in [1.54, 1.807) is 12.1 Å². The summed E-state index contributed by atoms with van der Waals surface area (Å²) in [4.78, 5) is 63.5. The molecule has 3 fully saturated rings. The number of benzene rings is 2. The van der Waals surface area contributed by atoms with Gasteiger partial charge in [0.25, 0.3) is 17.5 Å². The number of nitrogens with zero attached hydrogens (tertiary/aromatic N) is 3. The molecule has 6 unspecified atom stereocenters. The summed E-state index contributed by atoms with van der Waals surface area (Å²) in [5, 5.41) is 21.8. The number of ether oxygens (including phenoxy) is 1. The van der Waals surface area contributed by atoms with Crippen LogP contribution in [0.3, 0.4) is 0 Å². The lowest BCUT2D eigenvalue weighted by Gasteiger charge is -2.50. The van der Waals surface area contributed by atoms with Crippen molar-refractivity contribution in [2.45, 2.75) is 28.5 Å². The van der Waals surface area contributed by atoms with Gasteiger partial charge in [0.1, 0.15) is 0 Å². The average Bonchev–Trinajstić information content (AvgIpc) is 3.29. The zero-order valence-electron chi connectivity index (χ0n) is 22.0. The Labute approximate surface area is 257 Å². The summed E-state index contributed by atoms with van der Waals surface area (Å²) in [6, 6.07) is 8.29. The van der Waals surface area contributed by atoms with Crippen LogP contribution in [0.25, 0.3) is 0 Å². The van der Waals surface area contributed by atoms with Crippen molar-refractivity contribution in [1.29, 1.82) is 0 Å². The number of phenols is 1. The lowest BCUT2D eigenvalue weighted by Crippen LogP contribution is -2.60. The van der Waals surface area contributed by atoms with E-state index in [2.05, 4.69) is 15.9 Å². The summed E-state index contributed by atoms with van der Waals surface area (Å²) in [5.74, 6) is -6.28. The van der Waals surface area contributed by atoms with Crippen LogP contribution in [0.4, 0.5) is 11.4 Å². The molecule has 0 radical (unpaired) electrons. The van der Waals surface area contributed by atoms with Crippen LogP contribution in [0.1, 0.15) is 24.3 Å². The van der Waals surface area contributed by atoms with Gasteiger partial charge in [-0.3, -0.25) is 34.2 Å². The number of phenolic OH excluding ortho intramolecular Hbond substituents is 1. The number of alkyl halides is 2. The molecule has 0 spiro atoms. The second-order valence-corrected chi connectivity index (χ2v) is 12.9. The lowest BCUT2D eigenvalue weighted by atomic mass is 9.56. The van der Waals surface area contributed by atoms with E-state index in [4.69, 9.17) is 27.9 Å². The maximum Gasteiger partial charge on any atom is 0.271 e. The van der Waals surface area contributed by atoms with Gasteiger partial charge < -0.3 is 9.84 Å². The van der Waals surface area contributed by atoms with E-state index in [1.165, 1.54) is 38.4 Å². The normalized spacial score (nSPS) is 32.0. The quantitative estimate of drug-likeness (QED) is 0.166. The number of nitro benzene ring substituents is 1. The molecule has 4 amide bonds. The summed E-state index contributed by atoms with van der Waals surface area (Å²) in [7, 11) is 2.64. The largest absolute Gasteiger partial charge is 0.503 e. The van der Waals surface area contributed by atoms with Gasteiger partial charge in [-0.1, -0.05) is 17.7 Å². The first-order chi connectivity index (χ1) is 19.8. The van der Waals surface area contributed by atoms with Crippen molar-refractivity contribution in [2.24, 2.45) is 17.8 Å². The molecule has 11 nitrogen and oxygen atoms in total. The fourth-order valence-electron chi connectivity index (χ4n) is 7.03. The van der Waals surface area contributed by atoms with Crippen LogP contribution in [-0.4, -0.2) is 62.5 Å². The summed E-state index contributed by atoms with van der Waals surface area (Å²) < 4.78 is 5.57. The van der Waals surface area contributed by atoms with Gasteiger partial charge in [-0.05, 0) is 58.5 Å². The van der Waals surface area contributed by atoms with Crippen LogP contribution in [0.2, 0.25) is 0 Å². The van der Waals surface area contributed by atoms with Crippen LogP contribution in [0.5, 0.6) is 11.5 Å². The van der Waals surface area contributed by atoms with E-state index in [0.717, 1.165) is 15.9 Å². The number of allylic oxidation sites excluding steroid dienone is 2. The molecule has 218 valence electrons.